The number of methoxy groups -OCH3 is 1. The summed E-state index contributed by atoms with van der Waals surface area (Å²) in [5.41, 5.74) is 0. The molecule has 84 valence electrons. The summed E-state index contributed by atoms with van der Waals surface area (Å²) >= 11 is 0. The maximum absolute atomic E-state index is 5.54. The molecule has 15 heavy (non-hydrogen) atoms. The first-order valence-corrected chi connectivity index (χ1v) is 5.22. The fraction of sp³-hybridized carbons (Fsp3) is 0.500. The lowest BCUT2D eigenvalue weighted by Crippen LogP contribution is -2.27. The van der Waals surface area contributed by atoms with Crippen molar-refractivity contribution < 1.29 is 9.47 Å². The Morgan fingerprint density at radius 3 is 2.27 bits per heavy atom. The quantitative estimate of drug-likeness (QED) is 0.728. The normalized spacial score (nSPS) is 10.4. The third-order valence-corrected chi connectivity index (χ3v) is 1.98. The fourth-order valence-electron chi connectivity index (χ4n) is 1.19. The standard InChI is InChI=1S/C12H19NO2/c1-10(2)13-8-9-15-12-6-4-11(14-3)5-7-12/h4-7,10,13H,8-9H2,1-3H3. The molecule has 0 heterocycles. The Morgan fingerprint density at radius 2 is 1.73 bits per heavy atom. The molecule has 1 aromatic carbocycles. The van der Waals surface area contributed by atoms with Crippen LogP contribution in [-0.2, 0) is 0 Å². The molecule has 3 heteroatoms. The lowest BCUT2D eigenvalue weighted by atomic mass is 10.3. The average Bonchev–Trinajstić information content (AvgIpc) is 2.25. The van der Waals surface area contributed by atoms with Gasteiger partial charge in [-0.05, 0) is 24.3 Å². The van der Waals surface area contributed by atoms with E-state index < -0.39 is 0 Å². The second-order valence-corrected chi connectivity index (χ2v) is 3.63. The van der Waals surface area contributed by atoms with Gasteiger partial charge in [0.05, 0.1) is 7.11 Å². The van der Waals surface area contributed by atoms with Crippen LogP contribution in [0.25, 0.3) is 0 Å². The molecule has 0 aliphatic heterocycles. The van der Waals surface area contributed by atoms with Crippen LogP contribution in [0.4, 0.5) is 0 Å². The molecular weight excluding hydrogens is 190 g/mol. The van der Waals surface area contributed by atoms with Gasteiger partial charge in [-0.25, -0.2) is 0 Å². The minimum Gasteiger partial charge on any atom is -0.497 e. The molecule has 0 saturated heterocycles. The number of hydrogen-bond acceptors (Lipinski definition) is 3. The van der Waals surface area contributed by atoms with Crippen molar-refractivity contribution in [2.24, 2.45) is 0 Å². The molecule has 3 nitrogen and oxygen atoms in total. The molecule has 0 saturated carbocycles. The minimum atomic E-state index is 0.504. The van der Waals surface area contributed by atoms with Crippen molar-refractivity contribution in [1.82, 2.24) is 5.32 Å². The average molecular weight is 209 g/mol. The van der Waals surface area contributed by atoms with Gasteiger partial charge in [-0.1, -0.05) is 13.8 Å². The molecule has 0 aliphatic carbocycles. The molecule has 0 amide bonds. The van der Waals surface area contributed by atoms with Gasteiger partial charge in [0.2, 0.25) is 0 Å². The lowest BCUT2D eigenvalue weighted by Gasteiger charge is -2.09. The zero-order valence-corrected chi connectivity index (χ0v) is 9.62. The predicted octanol–water partition coefficient (Wildman–Crippen LogP) is 2.07. The number of benzene rings is 1. The Labute approximate surface area is 91.4 Å². The highest BCUT2D eigenvalue weighted by atomic mass is 16.5. The third kappa shape index (κ3) is 4.70. The predicted molar refractivity (Wildman–Crippen MR) is 61.6 cm³/mol. The number of hydrogen-bond donors (Lipinski definition) is 1. The summed E-state index contributed by atoms with van der Waals surface area (Å²) in [5, 5.41) is 3.29. The zero-order valence-electron chi connectivity index (χ0n) is 9.62. The topological polar surface area (TPSA) is 30.5 Å². The smallest absolute Gasteiger partial charge is 0.119 e. The molecule has 0 radical (unpaired) electrons. The first-order chi connectivity index (χ1) is 7.22. The number of rotatable bonds is 6. The Kier molecular flexibility index (Phi) is 4.98. The Bertz CT molecular complexity index is 269. The van der Waals surface area contributed by atoms with Crippen LogP contribution in [-0.4, -0.2) is 26.3 Å². The molecule has 1 rings (SSSR count). The summed E-state index contributed by atoms with van der Waals surface area (Å²) in [7, 11) is 1.66. The first-order valence-electron chi connectivity index (χ1n) is 5.22. The summed E-state index contributed by atoms with van der Waals surface area (Å²) in [6, 6.07) is 8.11. The molecule has 0 aliphatic rings. The lowest BCUT2D eigenvalue weighted by molar-refractivity contribution is 0.308. The summed E-state index contributed by atoms with van der Waals surface area (Å²) in [6.07, 6.45) is 0. The fourth-order valence-corrected chi connectivity index (χ4v) is 1.19. The highest BCUT2D eigenvalue weighted by molar-refractivity contribution is 5.31. The van der Waals surface area contributed by atoms with Crippen molar-refractivity contribution >= 4 is 0 Å². The van der Waals surface area contributed by atoms with Gasteiger partial charge in [0.15, 0.2) is 0 Å². The van der Waals surface area contributed by atoms with E-state index in [0.29, 0.717) is 12.6 Å². The molecule has 0 spiro atoms. The van der Waals surface area contributed by atoms with Gasteiger partial charge in [-0.2, -0.15) is 0 Å². The van der Waals surface area contributed by atoms with Crippen LogP contribution in [0.1, 0.15) is 13.8 Å². The molecule has 0 unspecified atom stereocenters. The van der Waals surface area contributed by atoms with Crippen molar-refractivity contribution in [1.29, 1.82) is 0 Å². The van der Waals surface area contributed by atoms with Gasteiger partial charge in [-0.15, -0.1) is 0 Å². The third-order valence-electron chi connectivity index (χ3n) is 1.98. The van der Waals surface area contributed by atoms with Gasteiger partial charge >= 0.3 is 0 Å². The van der Waals surface area contributed by atoms with Crippen molar-refractivity contribution in [3.05, 3.63) is 24.3 Å². The summed E-state index contributed by atoms with van der Waals surface area (Å²) in [6.45, 7) is 5.79. The SMILES string of the molecule is COc1ccc(OCCNC(C)C)cc1. The van der Waals surface area contributed by atoms with Gasteiger partial charge in [-0.3, -0.25) is 0 Å². The van der Waals surface area contributed by atoms with Gasteiger partial charge in [0.25, 0.3) is 0 Å². The molecule has 0 fully saturated rings. The van der Waals surface area contributed by atoms with E-state index in [4.69, 9.17) is 9.47 Å². The molecule has 1 aromatic rings. The van der Waals surface area contributed by atoms with Crippen molar-refractivity contribution in [2.75, 3.05) is 20.3 Å². The van der Waals surface area contributed by atoms with Gasteiger partial charge < -0.3 is 14.8 Å². The van der Waals surface area contributed by atoms with Crippen LogP contribution in [0.2, 0.25) is 0 Å². The number of ether oxygens (including phenoxy) is 2. The maximum Gasteiger partial charge on any atom is 0.119 e. The zero-order chi connectivity index (χ0) is 11.1. The Hall–Kier alpha value is -1.22. The van der Waals surface area contributed by atoms with Crippen molar-refractivity contribution in [3.8, 4) is 11.5 Å². The van der Waals surface area contributed by atoms with Gasteiger partial charge in [0.1, 0.15) is 18.1 Å². The van der Waals surface area contributed by atoms with Crippen LogP contribution in [0.15, 0.2) is 24.3 Å². The van der Waals surface area contributed by atoms with E-state index in [0.717, 1.165) is 18.0 Å². The van der Waals surface area contributed by atoms with E-state index in [1.54, 1.807) is 7.11 Å². The van der Waals surface area contributed by atoms with Crippen molar-refractivity contribution in [2.45, 2.75) is 19.9 Å². The monoisotopic (exact) mass is 209 g/mol. The highest BCUT2D eigenvalue weighted by Crippen LogP contribution is 2.16. The molecule has 0 aromatic heterocycles. The van der Waals surface area contributed by atoms with Gasteiger partial charge in [0, 0.05) is 12.6 Å². The van der Waals surface area contributed by atoms with E-state index in [1.807, 2.05) is 24.3 Å². The van der Waals surface area contributed by atoms with Crippen LogP contribution < -0.4 is 14.8 Å². The number of nitrogens with one attached hydrogen (secondary N) is 1. The summed E-state index contributed by atoms with van der Waals surface area (Å²) in [4.78, 5) is 0. The van der Waals surface area contributed by atoms with Crippen LogP contribution in [0, 0.1) is 0 Å². The van der Waals surface area contributed by atoms with E-state index in [9.17, 15) is 0 Å². The van der Waals surface area contributed by atoms with E-state index in [-0.39, 0.29) is 0 Å². The molecular formula is C12H19NO2. The molecule has 0 atom stereocenters. The van der Waals surface area contributed by atoms with Crippen LogP contribution >= 0.6 is 0 Å². The maximum atomic E-state index is 5.54. The van der Waals surface area contributed by atoms with Crippen molar-refractivity contribution in [3.63, 3.8) is 0 Å². The first kappa shape index (κ1) is 11.9. The molecule has 0 bridgehead atoms. The highest BCUT2D eigenvalue weighted by Gasteiger charge is 1.95. The van der Waals surface area contributed by atoms with Crippen LogP contribution in [0.3, 0.4) is 0 Å². The summed E-state index contributed by atoms with van der Waals surface area (Å²) < 4.78 is 10.6. The van der Waals surface area contributed by atoms with E-state index >= 15 is 0 Å². The van der Waals surface area contributed by atoms with E-state index in [1.165, 1.54) is 0 Å². The van der Waals surface area contributed by atoms with E-state index in [2.05, 4.69) is 19.2 Å². The second-order valence-electron chi connectivity index (χ2n) is 3.63. The largest absolute Gasteiger partial charge is 0.497 e. The minimum absolute atomic E-state index is 0.504. The van der Waals surface area contributed by atoms with Crippen LogP contribution in [0.5, 0.6) is 11.5 Å². The Morgan fingerprint density at radius 1 is 1.13 bits per heavy atom. The summed E-state index contributed by atoms with van der Waals surface area (Å²) in [5.74, 6) is 1.73. The second kappa shape index (κ2) is 6.30. The Balaban J connectivity index is 2.25. The molecule has 1 N–H and O–H groups in total.